The fraction of sp³-hybridized carbons (Fsp3) is 0.333. The van der Waals surface area contributed by atoms with Crippen molar-refractivity contribution in [2.75, 3.05) is 6.26 Å². The topological polar surface area (TPSA) is 84.9 Å². The molecule has 0 aliphatic heterocycles. The summed E-state index contributed by atoms with van der Waals surface area (Å²) in [5.41, 5.74) is 1.23. The summed E-state index contributed by atoms with van der Waals surface area (Å²) in [6.07, 6.45) is 2.13. The maximum atomic E-state index is 12.0. The van der Waals surface area contributed by atoms with Gasteiger partial charge in [-0.1, -0.05) is 35.0 Å². The molecule has 0 fully saturated rings. The SMILES string of the molecule is CSc1nc(C)c(CCC(=O)OCc2nc(Cl)ccc2Cl)c(=O)[nH]1. The second-order valence-corrected chi connectivity index (χ2v) is 6.45. The van der Waals surface area contributed by atoms with Gasteiger partial charge in [-0.05, 0) is 31.7 Å². The summed E-state index contributed by atoms with van der Waals surface area (Å²) < 4.78 is 5.13. The van der Waals surface area contributed by atoms with Crippen molar-refractivity contribution >= 4 is 40.9 Å². The van der Waals surface area contributed by atoms with Crippen molar-refractivity contribution < 1.29 is 9.53 Å². The van der Waals surface area contributed by atoms with Gasteiger partial charge in [0.1, 0.15) is 11.8 Å². The highest BCUT2D eigenvalue weighted by atomic mass is 35.5. The van der Waals surface area contributed by atoms with Crippen LogP contribution in [0.4, 0.5) is 0 Å². The van der Waals surface area contributed by atoms with Gasteiger partial charge in [-0.15, -0.1) is 0 Å². The van der Waals surface area contributed by atoms with Crippen molar-refractivity contribution in [1.29, 1.82) is 0 Å². The highest BCUT2D eigenvalue weighted by Crippen LogP contribution is 2.18. The molecule has 0 saturated heterocycles. The zero-order chi connectivity index (χ0) is 17.7. The Balaban J connectivity index is 1.94. The number of hydrogen-bond acceptors (Lipinski definition) is 6. The van der Waals surface area contributed by atoms with Crippen LogP contribution in [-0.2, 0) is 22.6 Å². The van der Waals surface area contributed by atoms with Gasteiger partial charge in [0.2, 0.25) is 0 Å². The molecule has 0 atom stereocenters. The van der Waals surface area contributed by atoms with Crippen LogP contribution in [0, 0.1) is 6.92 Å². The number of esters is 1. The Morgan fingerprint density at radius 3 is 2.75 bits per heavy atom. The first-order valence-electron chi connectivity index (χ1n) is 7.01. The summed E-state index contributed by atoms with van der Waals surface area (Å²) in [5, 5.41) is 1.19. The summed E-state index contributed by atoms with van der Waals surface area (Å²) in [6.45, 7) is 1.67. The van der Waals surface area contributed by atoms with Gasteiger partial charge in [0.25, 0.3) is 5.56 Å². The predicted molar refractivity (Wildman–Crippen MR) is 93.7 cm³/mol. The van der Waals surface area contributed by atoms with E-state index in [0.717, 1.165) is 0 Å². The first-order chi connectivity index (χ1) is 11.4. The van der Waals surface area contributed by atoms with Crippen molar-refractivity contribution in [1.82, 2.24) is 15.0 Å². The van der Waals surface area contributed by atoms with E-state index in [9.17, 15) is 9.59 Å². The number of carbonyl (C=O) groups excluding carboxylic acids is 1. The van der Waals surface area contributed by atoms with E-state index in [0.29, 0.717) is 27.1 Å². The van der Waals surface area contributed by atoms with Gasteiger partial charge in [0.15, 0.2) is 5.16 Å². The van der Waals surface area contributed by atoms with Crippen molar-refractivity contribution in [2.24, 2.45) is 0 Å². The standard InChI is InChI=1S/C15H15Cl2N3O3S/c1-8-9(14(22)20-15(18-8)24-2)3-6-13(21)23-7-11-10(16)4-5-12(17)19-11/h4-5H,3,6-7H2,1-2H3,(H,18,20,22). The quantitative estimate of drug-likeness (QED) is 0.354. The minimum atomic E-state index is -0.458. The molecule has 0 amide bonds. The fourth-order valence-corrected chi connectivity index (χ4v) is 2.73. The zero-order valence-electron chi connectivity index (χ0n) is 13.1. The highest BCUT2D eigenvalue weighted by molar-refractivity contribution is 7.98. The summed E-state index contributed by atoms with van der Waals surface area (Å²) in [6, 6.07) is 3.14. The Kier molecular flexibility index (Phi) is 6.65. The third kappa shape index (κ3) is 4.96. The monoisotopic (exact) mass is 387 g/mol. The van der Waals surface area contributed by atoms with E-state index in [1.54, 1.807) is 19.1 Å². The number of pyridine rings is 1. The maximum Gasteiger partial charge on any atom is 0.306 e. The van der Waals surface area contributed by atoms with Gasteiger partial charge in [-0.25, -0.2) is 9.97 Å². The van der Waals surface area contributed by atoms with Crippen molar-refractivity contribution in [2.45, 2.75) is 31.5 Å². The molecular weight excluding hydrogens is 373 g/mol. The smallest absolute Gasteiger partial charge is 0.306 e. The number of aryl methyl sites for hydroxylation is 1. The molecule has 0 spiro atoms. The van der Waals surface area contributed by atoms with Crippen molar-refractivity contribution in [3.8, 4) is 0 Å². The number of aromatic nitrogens is 3. The fourth-order valence-electron chi connectivity index (χ4n) is 1.98. The molecule has 2 aromatic heterocycles. The molecule has 24 heavy (non-hydrogen) atoms. The van der Waals surface area contributed by atoms with Crippen LogP contribution in [-0.4, -0.2) is 27.2 Å². The van der Waals surface area contributed by atoms with Crippen LogP contribution in [0.5, 0.6) is 0 Å². The number of H-pyrrole nitrogens is 1. The number of hydrogen-bond donors (Lipinski definition) is 1. The zero-order valence-corrected chi connectivity index (χ0v) is 15.4. The lowest BCUT2D eigenvalue weighted by Gasteiger charge is -2.07. The van der Waals surface area contributed by atoms with E-state index >= 15 is 0 Å². The van der Waals surface area contributed by atoms with Crippen LogP contribution in [0.3, 0.4) is 0 Å². The van der Waals surface area contributed by atoms with Crippen molar-refractivity contribution in [3.63, 3.8) is 0 Å². The molecule has 0 unspecified atom stereocenters. The van der Waals surface area contributed by atoms with Gasteiger partial charge in [0, 0.05) is 17.7 Å². The van der Waals surface area contributed by atoms with Gasteiger partial charge >= 0.3 is 5.97 Å². The molecule has 0 aromatic carbocycles. The van der Waals surface area contributed by atoms with E-state index in [2.05, 4.69) is 15.0 Å². The van der Waals surface area contributed by atoms with E-state index < -0.39 is 5.97 Å². The number of ether oxygens (including phenoxy) is 1. The second kappa shape index (κ2) is 8.50. The lowest BCUT2D eigenvalue weighted by Crippen LogP contribution is -2.19. The number of rotatable bonds is 6. The molecule has 0 aliphatic rings. The number of thioether (sulfide) groups is 1. The lowest BCUT2D eigenvalue weighted by atomic mass is 10.1. The number of nitrogens with zero attached hydrogens (tertiary/aromatic N) is 2. The molecule has 6 nitrogen and oxygen atoms in total. The maximum absolute atomic E-state index is 12.0. The summed E-state index contributed by atoms with van der Waals surface area (Å²) in [4.78, 5) is 34.8. The first-order valence-corrected chi connectivity index (χ1v) is 8.99. The van der Waals surface area contributed by atoms with Crippen LogP contribution < -0.4 is 5.56 Å². The Hall–Kier alpha value is -1.57. The van der Waals surface area contributed by atoms with E-state index in [1.807, 2.05) is 6.26 Å². The van der Waals surface area contributed by atoms with Crippen LogP contribution >= 0.6 is 35.0 Å². The lowest BCUT2D eigenvalue weighted by molar-refractivity contribution is -0.145. The third-order valence-corrected chi connectivity index (χ3v) is 4.36. The van der Waals surface area contributed by atoms with Crippen LogP contribution in [0.2, 0.25) is 10.2 Å². The minimum absolute atomic E-state index is 0.0579. The number of halogens is 2. The molecule has 0 bridgehead atoms. The normalized spacial score (nSPS) is 10.7. The molecule has 0 radical (unpaired) electrons. The minimum Gasteiger partial charge on any atom is -0.459 e. The van der Waals surface area contributed by atoms with Crippen LogP contribution in [0.25, 0.3) is 0 Å². The molecule has 0 saturated carbocycles. The Morgan fingerprint density at radius 1 is 1.33 bits per heavy atom. The molecule has 1 N–H and O–H groups in total. The van der Waals surface area contributed by atoms with Gasteiger partial charge in [0.05, 0.1) is 10.7 Å². The van der Waals surface area contributed by atoms with E-state index in [1.165, 1.54) is 11.8 Å². The average Bonchev–Trinajstić information content (AvgIpc) is 2.54. The Bertz CT molecular complexity index is 811. The molecule has 128 valence electrons. The van der Waals surface area contributed by atoms with E-state index in [-0.39, 0.29) is 30.2 Å². The highest BCUT2D eigenvalue weighted by Gasteiger charge is 2.12. The Labute approximate surface area is 153 Å². The molecule has 2 rings (SSSR count). The molecule has 9 heteroatoms. The van der Waals surface area contributed by atoms with Crippen LogP contribution in [0.15, 0.2) is 22.1 Å². The third-order valence-electron chi connectivity index (χ3n) is 3.23. The first kappa shape index (κ1) is 18.8. The van der Waals surface area contributed by atoms with Gasteiger partial charge < -0.3 is 9.72 Å². The number of carbonyl (C=O) groups is 1. The summed E-state index contributed by atoms with van der Waals surface area (Å²) in [5.74, 6) is -0.458. The van der Waals surface area contributed by atoms with Crippen molar-refractivity contribution in [3.05, 3.63) is 49.6 Å². The number of aromatic amines is 1. The average molecular weight is 388 g/mol. The van der Waals surface area contributed by atoms with Gasteiger partial charge in [-0.3, -0.25) is 9.59 Å². The predicted octanol–water partition coefficient (Wildman–Crippen LogP) is 3.18. The second-order valence-electron chi connectivity index (χ2n) is 4.86. The van der Waals surface area contributed by atoms with Crippen LogP contribution in [0.1, 0.15) is 23.4 Å². The molecular formula is C15H15Cl2N3O3S. The molecule has 2 heterocycles. The molecule has 0 aliphatic carbocycles. The Morgan fingerprint density at radius 2 is 2.08 bits per heavy atom. The molecule has 2 aromatic rings. The summed E-state index contributed by atoms with van der Waals surface area (Å²) >= 11 is 13.1. The largest absolute Gasteiger partial charge is 0.459 e. The van der Waals surface area contributed by atoms with E-state index in [4.69, 9.17) is 27.9 Å². The number of nitrogens with one attached hydrogen (secondary N) is 1. The van der Waals surface area contributed by atoms with Gasteiger partial charge in [-0.2, -0.15) is 0 Å². The summed E-state index contributed by atoms with van der Waals surface area (Å²) in [7, 11) is 0.